The molecule has 0 bridgehead atoms. The van der Waals surface area contributed by atoms with Crippen LogP contribution in [0.4, 0.5) is 4.79 Å². The average molecular weight is 440 g/mol. The number of carbonyl (C=O) groups excluding carboxylic acids is 4. The number of esters is 2. The Kier molecular flexibility index (Phi) is 7.13. The first-order valence-corrected chi connectivity index (χ1v) is 9.86. The summed E-state index contributed by atoms with van der Waals surface area (Å²) in [4.78, 5) is 49.3. The number of rotatable bonds is 6. The molecule has 0 spiro atoms. The largest absolute Gasteiger partial charge is 0.444 e. The highest BCUT2D eigenvalue weighted by Gasteiger charge is 2.47. The van der Waals surface area contributed by atoms with Gasteiger partial charge in [0.2, 0.25) is 5.92 Å². The summed E-state index contributed by atoms with van der Waals surface area (Å²) >= 11 is 5.90. The highest BCUT2D eigenvalue weighted by atomic mass is 35.5. The van der Waals surface area contributed by atoms with E-state index >= 15 is 0 Å². The fourth-order valence-corrected chi connectivity index (χ4v) is 3.02. The molecule has 1 saturated heterocycles. The van der Waals surface area contributed by atoms with Gasteiger partial charge in [-0.25, -0.2) is 4.79 Å². The lowest BCUT2D eigenvalue weighted by Gasteiger charge is -2.32. The monoisotopic (exact) mass is 439 g/mol. The molecule has 8 nitrogen and oxygen atoms in total. The van der Waals surface area contributed by atoms with E-state index in [1.165, 1.54) is 13.8 Å². The van der Waals surface area contributed by atoms with Crippen LogP contribution < -0.4 is 5.32 Å². The third-order valence-electron chi connectivity index (χ3n) is 4.05. The molecule has 30 heavy (non-hydrogen) atoms. The minimum atomic E-state index is -1.69. The maximum absolute atomic E-state index is 12.7. The third-order valence-corrected chi connectivity index (χ3v) is 4.30. The van der Waals surface area contributed by atoms with E-state index < -0.39 is 47.2 Å². The van der Waals surface area contributed by atoms with Gasteiger partial charge < -0.3 is 19.5 Å². The molecule has 2 rings (SSSR count). The van der Waals surface area contributed by atoms with E-state index in [0.717, 1.165) is 5.56 Å². The Balaban J connectivity index is 2.15. The number of hydrogen-bond donors (Lipinski definition) is 1. The lowest BCUT2D eigenvalue weighted by molar-refractivity contribution is -0.238. The number of hydrogen-bond acceptors (Lipinski definition) is 7. The predicted molar refractivity (Wildman–Crippen MR) is 108 cm³/mol. The molecule has 1 N–H and O–H groups in total. The maximum atomic E-state index is 12.7. The van der Waals surface area contributed by atoms with Gasteiger partial charge in [0, 0.05) is 31.3 Å². The van der Waals surface area contributed by atoms with Gasteiger partial charge in [0.05, 0.1) is 0 Å². The van der Waals surface area contributed by atoms with Crippen molar-refractivity contribution >= 4 is 35.4 Å². The van der Waals surface area contributed by atoms with Gasteiger partial charge in [-0.3, -0.25) is 14.4 Å². The quantitative estimate of drug-likeness (QED) is 0.535. The second kappa shape index (κ2) is 9.04. The van der Waals surface area contributed by atoms with Crippen molar-refractivity contribution in [3.8, 4) is 0 Å². The summed E-state index contributed by atoms with van der Waals surface area (Å²) in [5, 5.41) is 3.18. The summed E-state index contributed by atoms with van der Waals surface area (Å²) in [6, 6.07) is 6.14. The molecule has 1 atom stereocenters. The van der Waals surface area contributed by atoms with Crippen molar-refractivity contribution in [1.29, 1.82) is 0 Å². The molecule has 1 aliphatic heterocycles. The molecular formula is C21H26ClNO7. The zero-order valence-corrected chi connectivity index (χ0v) is 18.4. The van der Waals surface area contributed by atoms with Crippen LogP contribution in [0.15, 0.2) is 24.3 Å². The molecule has 9 heteroatoms. The molecule has 1 amide bonds. The topological polar surface area (TPSA) is 108 Å². The number of carbonyl (C=O) groups is 4. The molecular weight excluding hydrogens is 414 g/mol. The molecule has 1 heterocycles. The molecule has 0 radical (unpaired) electrons. The molecule has 1 fully saturated rings. The first kappa shape index (κ1) is 23.7. The fourth-order valence-electron chi connectivity index (χ4n) is 2.90. The van der Waals surface area contributed by atoms with Gasteiger partial charge in [-0.05, 0) is 44.9 Å². The van der Waals surface area contributed by atoms with Gasteiger partial charge in [0.1, 0.15) is 5.60 Å². The number of amides is 1. The number of nitrogens with one attached hydrogen (secondary N) is 1. The number of ketones is 1. The van der Waals surface area contributed by atoms with Crippen LogP contribution in [0, 0.1) is 5.92 Å². The minimum Gasteiger partial charge on any atom is -0.444 e. The summed E-state index contributed by atoms with van der Waals surface area (Å²) in [5.41, 5.74) is 0.0600. The summed E-state index contributed by atoms with van der Waals surface area (Å²) < 4.78 is 15.3. The van der Waals surface area contributed by atoms with Gasteiger partial charge in [0.15, 0.2) is 5.78 Å². The molecule has 1 aromatic carbocycles. The van der Waals surface area contributed by atoms with Gasteiger partial charge in [-0.2, -0.15) is 0 Å². The first-order valence-electron chi connectivity index (χ1n) is 9.48. The van der Waals surface area contributed by atoms with E-state index in [2.05, 4.69) is 5.32 Å². The summed E-state index contributed by atoms with van der Waals surface area (Å²) in [6.07, 6.45) is -0.758. The van der Waals surface area contributed by atoms with Crippen molar-refractivity contribution in [1.82, 2.24) is 5.32 Å². The molecule has 1 aliphatic rings. The van der Waals surface area contributed by atoms with Crippen molar-refractivity contribution in [2.24, 2.45) is 5.92 Å². The van der Waals surface area contributed by atoms with Crippen LogP contribution >= 0.6 is 11.6 Å². The second-order valence-corrected chi connectivity index (χ2v) is 8.96. The number of benzene rings is 1. The van der Waals surface area contributed by atoms with Gasteiger partial charge >= 0.3 is 18.0 Å². The first-order chi connectivity index (χ1) is 13.8. The standard InChI is InChI=1S/C21H26ClNO7/c1-20(2,3)30-19(27)23-14(10-12-6-8-13(22)9-7-12)11-15(24)16-17(25)28-21(4,5)29-18(16)26/h6-9,14,16H,10-11H2,1-5H3,(H,23,27)/t14-/m0/s1. The van der Waals surface area contributed by atoms with Gasteiger partial charge in [-0.1, -0.05) is 23.7 Å². The second-order valence-electron chi connectivity index (χ2n) is 8.52. The van der Waals surface area contributed by atoms with Crippen molar-refractivity contribution in [2.45, 2.75) is 64.9 Å². The Hall–Kier alpha value is -2.61. The summed E-state index contributed by atoms with van der Waals surface area (Å²) in [6.45, 7) is 7.93. The molecule has 1 aromatic rings. The zero-order valence-electron chi connectivity index (χ0n) is 17.6. The molecule has 0 saturated carbocycles. The number of halogens is 1. The van der Waals surface area contributed by atoms with E-state index in [0.29, 0.717) is 5.02 Å². The highest BCUT2D eigenvalue weighted by Crippen LogP contribution is 2.25. The van der Waals surface area contributed by atoms with Crippen molar-refractivity contribution in [3.05, 3.63) is 34.9 Å². The molecule has 0 aromatic heterocycles. The number of alkyl carbamates (subject to hydrolysis) is 1. The van der Waals surface area contributed by atoms with E-state index in [9.17, 15) is 19.2 Å². The van der Waals surface area contributed by atoms with Crippen molar-refractivity contribution < 1.29 is 33.4 Å². The average Bonchev–Trinajstić information content (AvgIpc) is 2.53. The summed E-state index contributed by atoms with van der Waals surface area (Å²) in [5.74, 6) is -5.77. The van der Waals surface area contributed by atoms with Crippen LogP contribution in [0.1, 0.15) is 46.6 Å². The third kappa shape index (κ3) is 7.02. The van der Waals surface area contributed by atoms with Crippen molar-refractivity contribution in [3.63, 3.8) is 0 Å². The lowest BCUT2D eigenvalue weighted by Crippen LogP contribution is -2.50. The van der Waals surface area contributed by atoms with E-state index in [4.69, 9.17) is 25.8 Å². The number of Topliss-reactive ketones (excluding diaryl/α,β-unsaturated/α-hetero) is 1. The maximum Gasteiger partial charge on any atom is 0.407 e. The van der Waals surface area contributed by atoms with E-state index in [1.807, 2.05) is 0 Å². The van der Waals surface area contributed by atoms with Crippen molar-refractivity contribution in [2.75, 3.05) is 0 Å². The van der Waals surface area contributed by atoms with Crippen LogP contribution in [-0.2, 0) is 35.0 Å². The number of cyclic esters (lactones) is 2. The van der Waals surface area contributed by atoms with Crippen LogP contribution in [-0.4, -0.2) is 41.2 Å². The normalized spacial score (nSPS) is 17.5. The van der Waals surface area contributed by atoms with Crippen LogP contribution in [0.5, 0.6) is 0 Å². The van der Waals surface area contributed by atoms with Crippen LogP contribution in [0.3, 0.4) is 0 Å². The molecule has 164 valence electrons. The Bertz CT molecular complexity index is 807. The molecule has 0 unspecified atom stereocenters. The Morgan fingerprint density at radius 2 is 1.67 bits per heavy atom. The highest BCUT2D eigenvalue weighted by molar-refractivity contribution is 6.30. The number of ether oxygens (including phenoxy) is 3. The SMILES string of the molecule is CC(C)(C)OC(=O)N[C@H](CC(=O)C1C(=O)OC(C)(C)OC1=O)Cc1ccc(Cl)cc1. The summed E-state index contributed by atoms with van der Waals surface area (Å²) in [7, 11) is 0. The van der Waals surface area contributed by atoms with Crippen LogP contribution in [0.25, 0.3) is 0 Å². The Morgan fingerprint density at radius 3 is 2.17 bits per heavy atom. The molecule has 0 aliphatic carbocycles. The van der Waals surface area contributed by atoms with Crippen LogP contribution in [0.2, 0.25) is 5.02 Å². The van der Waals surface area contributed by atoms with E-state index in [-0.39, 0.29) is 12.8 Å². The lowest BCUT2D eigenvalue weighted by atomic mass is 9.94. The smallest absolute Gasteiger partial charge is 0.407 e. The Morgan fingerprint density at radius 1 is 1.13 bits per heavy atom. The van der Waals surface area contributed by atoms with Gasteiger partial charge in [0.25, 0.3) is 5.79 Å². The minimum absolute atomic E-state index is 0.254. The van der Waals surface area contributed by atoms with Gasteiger partial charge in [-0.15, -0.1) is 0 Å². The van der Waals surface area contributed by atoms with E-state index in [1.54, 1.807) is 45.0 Å². The Labute approximate surface area is 180 Å². The predicted octanol–water partition coefficient (Wildman–Crippen LogP) is 3.19. The zero-order chi connectivity index (χ0) is 22.7. The fraction of sp³-hybridized carbons (Fsp3) is 0.524.